The molecular formula is C23H44O4. The lowest BCUT2D eigenvalue weighted by Gasteiger charge is -2.20. The summed E-state index contributed by atoms with van der Waals surface area (Å²) < 4.78 is 11.1. The summed E-state index contributed by atoms with van der Waals surface area (Å²) in [6, 6.07) is 0. The number of unbranched alkanes of at least 4 members (excludes halogenated alkanes) is 2. The van der Waals surface area contributed by atoms with Gasteiger partial charge in [0.05, 0.1) is 25.0 Å². The van der Waals surface area contributed by atoms with Crippen LogP contribution in [0.25, 0.3) is 0 Å². The largest absolute Gasteiger partial charge is 0.465 e. The van der Waals surface area contributed by atoms with E-state index >= 15 is 0 Å². The first-order valence-electron chi connectivity index (χ1n) is 11.2. The van der Waals surface area contributed by atoms with Crippen molar-refractivity contribution in [1.29, 1.82) is 0 Å². The van der Waals surface area contributed by atoms with E-state index < -0.39 is 0 Å². The summed E-state index contributed by atoms with van der Waals surface area (Å²) in [6.45, 7) is 13.5. The van der Waals surface area contributed by atoms with E-state index in [0.717, 1.165) is 57.8 Å². The third-order valence-corrected chi connectivity index (χ3v) is 5.29. The van der Waals surface area contributed by atoms with Crippen molar-refractivity contribution in [3.63, 3.8) is 0 Å². The van der Waals surface area contributed by atoms with Gasteiger partial charge in [0.1, 0.15) is 0 Å². The van der Waals surface area contributed by atoms with Gasteiger partial charge in [-0.1, -0.05) is 67.2 Å². The van der Waals surface area contributed by atoms with Gasteiger partial charge in [-0.15, -0.1) is 0 Å². The molecule has 4 atom stereocenters. The lowest BCUT2D eigenvalue weighted by Crippen LogP contribution is -2.23. The average molecular weight is 385 g/mol. The van der Waals surface area contributed by atoms with Crippen molar-refractivity contribution in [2.75, 3.05) is 13.2 Å². The molecule has 27 heavy (non-hydrogen) atoms. The van der Waals surface area contributed by atoms with Gasteiger partial charge < -0.3 is 9.47 Å². The maximum absolute atomic E-state index is 12.2. The van der Waals surface area contributed by atoms with Crippen LogP contribution < -0.4 is 0 Å². The van der Waals surface area contributed by atoms with E-state index in [-0.39, 0.29) is 35.6 Å². The molecule has 0 radical (unpaired) electrons. The smallest absolute Gasteiger partial charge is 0.308 e. The number of esters is 2. The fraction of sp³-hybridized carbons (Fsp3) is 0.913. The van der Waals surface area contributed by atoms with E-state index in [4.69, 9.17) is 9.47 Å². The van der Waals surface area contributed by atoms with Gasteiger partial charge in [0, 0.05) is 0 Å². The van der Waals surface area contributed by atoms with Crippen LogP contribution in [0.15, 0.2) is 0 Å². The van der Waals surface area contributed by atoms with Gasteiger partial charge in [-0.05, 0) is 43.9 Å². The summed E-state index contributed by atoms with van der Waals surface area (Å²) in [7, 11) is 0. The molecule has 0 aromatic carbocycles. The Hall–Kier alpha value is -1.06. The first-order valence-corrected chi connectivity index (χ1v) is 11.2. The lowest BCUT2D eigenvalue weighted by atomic mass is 9.97. The minimum absolute atomic E-state index is 0.0321. The van der Waals surface area contributed by atoms with Gasteiger partial charge in [-0.3, -0.25) is 9.59 Å². The van der Waals surface area contributed by atoms with Gasteiger partial charge >= 0.3 is 11.9 Å². The zero-order chi connectivity index (χ0) is 20.7. The number of rotatable bonds is 16. The molecule has 0 fully saturated rings. The van der Waals surface area contributed by atoms with Crippen LogP contribution in [-0.2, 0) is 19.1 Å². The van der Waals surface area contributed by atoms with Crippen LogP contribution in [0.5, 0.6) is 0 Å². The summed E-state index contributed by atoms with van der Waals surface area (Å²) in [5.74, 6) is 0.494. The molecule has 0 saturated heterocycles. The van der Waals surface area contributed by atoms with Crippen molar-refractivity contribution in [2.45, 2.75) is 99.3 Å². The molecule has 0 aromatic rings. The van der Waals surface area contributed by atoms with Crippen LogP contribution in [0.1, 0.15) is 99.3 Å². The van der Waals surface area contributed by atoms with E-state index in [1.807, 2.05) is 13.8 Å². The van der Waals surface area contributed by atoms with Crippen molar-refractivity contribution in [3.05, 3.63) is 0 Å². The fourth-order valence-corrected chi connectivity index (χ4v) is 3.39. The van der Waals surface area contributed by atoms with Crippen LogP contribution in [0, 0.1) is 23.7 Å². The molecule has 0 amide bonds. The second kappa shape index (κ2) is 15.9. The molecule has 0 saturated carbocycles. The Morgan fingerprint density at radius 2 is 1.07 bits per heavy atom. The van der Waals surface area contributed by atoms with Crippen molar-refractivity contribution >= 4 is 11.9 Å². The maximum Gasteiger partial charge on any atom is 0.308 e. The van der Waals surface area contributed by atoms with Gasteiger partial charge in [0.2, 0.25) is 0 Å². The van der Waals surface area contributed by atoms with Crippen molar-refractivity contribution in [1.82, 2.24) is 0 Å². The highest BCUT2D eigenvalue weighted by molar-refractivity contribution is 5.72. The zero-order valence-electron chi connectivity index (χ0n) is 18.7. The molecule has 0 N–H and O–H groups in total. The van der Waals surface area contributed by atoms with E-state index in [2.05, 4.69) is 27.7 Å². The standard InChI is InChI=1S/C23H44O4/c1-7-11-13-20(9-3)22(24)26-16-18(5)15-19(6)17-27-23(25)21(10-4)14-12-8-2/h18-21H,7-17H2,1-6H3. The fourth-order valence-electron chi connectivity index (χ4n) is 3.39. The second-order valence-electron chi connectivity index (χ2n) is 8.20. The summed E-state index contributed by atoms with van der Waals surface area (Å²) in [4.78, 5) is 24.4. The van der Waals surface area contributed by atoms with E-state index in [9.17, 15) is 9.59 Å². The van der Waals surface area contributed by atoms with Crippen LogP contribution in [0.3, 0.4) is 0 Å². The lowest BCUT2D eigenvalue weighted by molar-refractivity contribution is -0.150. The first-order chi connectivity index (χ1) is 12.9. The third-order valence-electron chi connectivity index (χ3n) is 5.29. The molecule has 0 aliphatic heterocycles. The Labute approximate surface area is 167 Å². The molecule has 4 heteroatoms. The first kappa shape index (κ1) is 25.9. The second-order valence-corrected chi connectivity index (χ2v) is 8.20. The summed E-state index contributed by atoms with van der Waals surface area (Å²) in [5, 5.41) is 0. The average Bonchev–Trinajstić information content (AvgIpc) is 2.65. The predicted octanol–water partition coefficient (Wildman–Crippen LogP) is 6.17. The molecular weight excluding hydrogens is 340 g/mol. The van der Waals surface area contributed by atoms with E-state index in [0.29, 0.717) is 13.2 Å². The minimum atomic E-state index is -0.0569. The van der Waals surface area contributed by atoms with Gasteiger partial charge in [-0.25, -0.2) is 0 Å². The highest BCUT2D eigenvalue weighted by Crippen LogP contribution is 2.19. The summed E-state index contributed by atoms with van der Waals surface area (Å²) in [5.41, 5.74) is 0. The molecule has 0 rings (SSSR count). The van der Waals surface area contributed by atoms with E-state index in [1.54, 1.807) is 0 Å². The van der Waals surface area contributed by atoms with Crippen LogP contribution >= 0.6 is 0 Å². The molecule has 0 aromatic heterocycles. The SMILES string of the molecule is CCCCC(CC)C(=O)OCC(C)CC(C)COC(=O)C(CC)CCCC. The van der Waals surface area contributed by atoms with Gasteiger partial charge in [0.25, 0.3) is 0 Å². The monoisotopic (exact) mass is 384 g/mol. The highest BCUT2D eigenvalue weighted by atomic mass is 16.5. The predicted molar refractivity (Wildman–Crippen MR) is 111 cm³/mol. The summed E-state index contributed by atoms with van der Waals surface area (Å²) >= 11 is 0. The zero-order valence-corrected chi connectivity index (χ0v) is 18.7. The molecule has 0 aliphatic rings. The molecule has 0 spiro atoms. The number of hydrogen-bond donors (Lipinski definition) is 0. The Morgan fingerprint density at radius 1 is 0.704 bits per heavy atom. The molecule has 4 nitrogen and oxygen atoms in total. The number of hydrogen-bond acceptors (Lipinski definition) is 4. The number of ether oxygens (including phenoxy) is 2. The van der Waals surface area contributed by atoms with Crippen molar-refractivity contribution in [2.24, 2.45) is 23.7 Å². The Morgan fingerprint density at radius 3 is 1.37 bits per heavy atom. The van der Waals surface area contributed by atoms with Crippen LogP contribution in [-0.4, -0.2) is 25.2 Å². The molecule has 0 aliphatic carbocycles. The quantitative estimate of drug-likeness (QED) is 0.299. The van der Waals surface area contributed by atoms with Crippen molar-refractivity contribution < 1.29 is 19.1 Å². The maximum atomic E-state index is 12.2. The Balaban J connectivity index is 4.14. The Kier molecular flexibility index (Phi) is 15.3. The normalized spacial score (nSPS) is 15.6. The number of carbonyl (C=O) groups is 2. The number of carbonyl (C=O) groups excluding carboxylic acids is 2. The topological polar surface area (TPSA) is 52.6 Å². The van der Waals surface area contributed by atoms with Crippen LogP contribution in [0.2, 0.25) is 0 Å². The highest BCUT2D eigenvalue weighted by Gasteiger charge is 2.21. The van der Waals surface area contributed by atoms with Crippen molar-refractivity contribution in [3.8, 4) is 0 Å². The molecule has 160 valence electrons. The minimum Gasteiger partial charge on any atom is -0.465 e. The Bertz CT molecular complexity index is 358. The molecule has 0 heterocycles. The third kappa shape index (κ3) is 12.1. The summed E-state index contributed by atoms with van der Waals surface area (Å²) in [6.07, 6.45) is 8.77. The van der Waals surface area contributed by atoms with Crippen LogP contribution in [0.4, 0.5) is 0 Å². The van der Waals surface area contributed by atoms with Gasteiger partial charge in [-0.2, -0.15) is 0 Å². The molecule has 4 unspecified atom stereocenters. The van der Waals surface area contributed by atoms with Gasteiger partial charge in [0.15, 0.2) is 0 Å². The van der Waals surface area contributed by atoms with E-state index in [1.165, 1.54) is 0 Å². The molecule has 0 bridgehead atoms.